The van der Waals surface area contributed by atoms with Crippen molar-refractivity contribution in [3.63, 3.8) is 0 Å². The largest absolute Gasteiger partial charge is 0.496 e. The SMILES string of the molecule is COc1ccc(-c2cc(=O)[nH]c(=O)[nH]2)cc1C(C)C. The first-order valence-corrected chi connectivity index (χ1v) is 6.03. The zero-order valence-corrected chi connectivity index (χ0v) is 11.1. The van der Waals surface area contributed by atoms with E-state index in [-0.39, 0.29) is 5.92 Å². The van der Waals surface area contributed by atoms with E-state index in [9.17, 15) is 9.59 Å². The van der Waals surface area contributed by atoms with Crippen LogP contribution in [0.1, 0.15) is 25.3 Å². The van der Waals surface area contributed by atoms with Gasteiger partial charge in [-0.25, -0.2) is 4.79 Å². The molecule has 0 amide bonds. The van der Waals surface area contributed by atoms with Crippen molar-refractivity contribution in [3.05, 3.63) is 50.7 Å². The van der Waals surface area contributed by atoms with E-state index in [1.165, 1.54) is 6.07 Å². The van der Waals surface area contributed by atoms with Gasteiger partial charge in [0.15, 0.2) is 0 Å². The maximum Gasteiger partial charge on any atom is 0.326 e. The molecule has 2 N–H and O–H groups in total. The van der Waals surface area contributed by atoms with Gasteiger partial charge in [0.05, 0.1) is 12.8 Å². The van der Waals surface area contributed by atoms with Crippen LogP contribution in [0.25, 0.3) is 11.3 Å². The van der Waals surface area contributed by atoms with Crippen LogP contribution in [0, 0.1) is 0 Å². The van der Waals surface area contributed by atoms with Crippen LogP contribution in [0.15, 0.2) is 33.9 Å². The summed E-state index contributed by atoms with van der Waals surface area (Å²) in [6.07, 6.45) is 0. The highest BCUT2D eigenvalue weighted by Crippen LogP contribution is 2.30. The molecule has 1 heterocycles. The molecule has 0 atom stereocenters. The summed E-state index contributed by atoms with van der Waals surface area (Å²) in [6, 6.07) is 6.95. The van der Waals surface area contributed by atoms with Crippen molar-refractivity contribution in [3.8, 4) is 17.0 Å². The van der Waals surface area contributed by atoms with Crippen molar-refractivity contribution in [2.75, 3.05) is 7.11 Å². The second-order valence-electron chi connectivity index (χ2n) is 4.61. The summed E-state index contributed by atoms with van der Waals surface area (Å²) in [5, 5.41) is 0. The van der Waals surface area contributed by atoms with Crippen molar-refractivity contribution < 1.29 is 4.74 Å². The molecule has 2 aromatic rings. The highest BCUT2D eigenvalue weighted by molar-refractivity contribution is 5.62. The third kappa shape index (κ3) is 2.76. The number of ether oxygens (including phenoxy) is 1. The van der Waals surface area contributed by atoms with Gasteiger partial charge in [0, 0.05) is 6.07 Å². The number of hydrogen-bond donors (Lipinski definition) is 2. The maximum atomic E-state index is 11.3. The van der Waals surface area contributed by atoms with Gasteiger partial charge in [0.25, 0.3) is 5.56 Å². The molecule has 2 rings (SSSR count). The summed E-state index contributed by atoms with van der Waals surface area (Å²) in [5.41, 5.74) is 1.39. The molecule has 19 heavy (non-hydrogen) atoms. The minimum Gasteiger partial charge on any atom is -0.496 e. The minimum atomic E-state index is -0.510. The van der Waals surface area contributed by atoms with E-state index < -0.39 is 11.2 Å². The standard InChI is InChI=1S/C14H16N2O3/c1-8(2)10-6-9(4-5-12(10)19-3)11-7-13(17)16-14(18)15-11/h4-8H,1-3H3,(H2,15,16,17,18). The molecular weight excluding hydrogens is 244 g/mol. The Labute approximate surface area is 110 Å². The fourth-order valence-corrected chi connectivity index (χ4v) is 1.98. The van der Waals surface area contributed by atoms with Crippen molar-refractivity contribution >= 4 is 0 Å². The molecule has 100 valence electrons. The van der Waals surface area contributed by atoms with Crippen LogP contribution in [-0.4, -0.2) is 17.1 Å². The van der Waals surface area contributed by atoms with Crippen molar-refractivity contribution in [1.29, 1.82) is 0 Å². The maximum absolute atomic E-state index is 11.3. The smallest absolute Gasteiger partial charge is 0.326 e. The first-order valence-electron chi connectivity index (χ1n) is 6.03. The fourth-order valence-electron chi connectivity index (χ4n) is 1.98. The Morgan fingerprint density at radius 2 is 1.84 bits per heavy atom. The van der Waals surface area contributed by atoms with E-state index in [1.807, 2.05) is 18.2 Å². The Bertz CT molecular complexity index is 670. The number of aromatic amines is 2. The molecule has 1 aromatic heterocycles. The quantitative estimate of drug-likeness (QED) is 0.884. The second-order valence-corrected chi connectivity index (χ2v) is 4.61. The van der Waals surface area contributed by atoms with Crippen LogP contribution >= 0.6 is 0 Å². The van der Waals surface area contributed by atoms with Crippen LogP contribution < -0.4 is 16.0 Å². The zero-order chi connectivity index (χ0) is 14.0. The van der Waals surface area contributed by atoms with Gasteiger partial charge >= 0.3 is 5.69 Å². The lowest BCUT2D eigenvalue weighted by Gasteiger charge is -2.13. The molecule has 5 nitrogen and oxygen atoms in total. The summed E-state index contributed by atoms with van der Waals surface area (Å²) < 4.78 is 5.31. The molecule has 0 radical (unpaired) electrons. The van der Waals surface area contributed by atoms with Crippen LogP contribution in [0.4, 0.5) is 0 Å². The van der Waals surface area contributed by atoms with E-state index in [2.05, 4.69) is 23.8 Å². The van der Waals surface area contributed by atoms with Crippen LogP contribution in [-0.2, 0) is 0 Å². The molecule has 1 aromatic carbocycles. The monoisotopic (exact) mass is 260 g/mol. The second kappa shape index (κ2) is 5.14. The summed E-state index contributed by atoms with van der Waals surface area (Å²) in [7, 11) is 1.62. The average Bonchev–Trinajstić information content (AvgIpc) is 2.36. The van der Waals surface area contributed by atoms with E-state index in [4.69, 9.17) is 4.74 Å². The first-order chi connectivity index (χ1) is 9.01. The molecule has 0 spiro atoms. The summed E-state index contributed by atoms with van der Waals surface area (Å²) in [6.45, 7) is 4.12. The summed E-state index contributed by atoms with van der Waals surface area (Å²) in [4.78, 5) is 27.4. The van der Waals surface area contributed by atoms with Gasteiger partial charge < -0.3 is 9.72 Å². The van der Waals surface area contributed by atoms with Gasteiger partial charge in [-0.15, -0.1) is 0 Å². The van der Waals surface area contributed by atoms with Crippen LogP contribution in [0.2, 0.25) is 0 Å². The zero-order valence-electron chi connectivity index (χ0n) is 11.1. The van der Waals surface area contributed by atoms with Gasteiger partial charge in [-0.1, -0.05) is 13.8 Å². The molecular formula is C14H16N2O3. The predicted octanol–water partition coefficient (Wildman–Crippen LogP) is 1.86. The van der Waals surface area contributed by atoms with E-state index in [1.54, 1.807) is 7.11 Å². The number of benzene rings is 1. The molecule has 0 fully saturated rings. The average molecular weight is 260 g/mol. The first kappa shape index (κ1) is 13.1. The number of nitrogens with one attached hydrogen (secondary N) is 2. The Kier molecular flexibility index (Phi) is 3.55. The minimum absolute atomic E-state index is 0.281. The number of methoxy groups -OCH3 is 1. The Hall–Kier alpha value is -2.30. The Morgan fingerprint density at radius 3 is 2.42 bits per heavy atom. The topological polar surface area (TPSA) is 75.0 Å². The van der Waals surface area contributed by atoms with Crippen molar-refractivity contribution in [1.82, 2.24) is 9.97 Å². The lowest BCUT2D eigenvalue weighted by Crippen LogP contribution is -2.21. The summed E-state index contributed by atoms with van der Waals surface area (Å²) >= 11 is 0. The van der Waals surface area contributed by atoms with Crippen LogP contribution in [0.5, 0.6) is 5.75 Å². The Balaban J connectivity index is 2.60. The molecule has 0 saturated heterocycles. The van der Waals surface area contributed by atoms with Gasteiger partial charge in [-0.2, -0.15) is 0 Å². The van der Waals surface area contributed by atoms with Gasteiger partial charge in [-0.05, 0) is 35.2 Å². The Morgan fingerprint density at radius 1 is 1.11 bits per heavy atom. The lowest BCUT2D eigenvalue weighted by atomic mass is 9.98. The van der Waals surface area contributed by atoms with E-state index in [0.717, 1.165) is 16.9 Å². The van der Waals surface area contributed by atoms with Crippen LogP contribution in [0.3, 0.4) is 0 Å². The van der Waals surface area contributed by atoms with E-state index in [0.29, 0.717) is 5.69 Å². The van der Waals surface area contributed by atoms with E-state index >= 15 is 0 Å². The lowest BCUT2D eigenvalue weighted by molar-refractivity contribution is 0.407. The third-order valence-electron chi connectivity index (χ3n) is 2.92. The molecule has 0 unspecified atom stereocenters. The summed E-state index contributed by atoms with van der Waals surface area (Å²) in [5.74, 6) is 1.08. The predicted molar refractivity (Wildman–Crippen MR) is 73.8 cm³/mol. The third-order valence-corrected chi connectivity index (χ3v) is 2.92. The molecule has 5 heteroatoms. The number of H-pyrrole nitrogens is 2. The van der Waals surface area contributed by atoms with Gasteiger partial charge in [0.1, 0.15) is 5.75 Å². The molecule has 0 saturated carbocycles. The van der Waals surface area contributed by atoms with Crippen molar-refractivity contribution in [2.24, 2.45) is 0 Å². The molecule has 0 aliphatic rings. The van der Waals surface area contributed by atoms with Gasteiger partial charge in [0.2, 0.25) is 0 Å². The highest BCUT2D eigenvalue weighted by atomic mass is 16.5. The highest BCUT2D eigenvalue weighted by Gasteiger charge is 2.10. The fraction of sp³-hybridized carbons (Fsp3) is 0.286. The normalized spacial score (nSPS) is 10.7. The van der Waals surface area contributed by atoms with Crippen molar-refractivity contribution in [2.45, 2.75) is 19.8 Å². The molecule has 0 aliphatic carbocycles. The molecule has 0 aliphatic heterocycles. The number of aromatic nitrogens is 2. The molecule has 0 bridgehead atoms. The van der Waals surface area contributed by atoms with Gasteiger partial charge in [-0.3, -0.25) is 9.78 Å². The number of hydrogen-bond acceptors (Lipinski definition) is 3. The number of rotatable bonds is 3.